The minimum absolute atomic E-state index is 0.0365. The summed E-state index contributed by atoms with van der Waals surface area (Å²) in [5.74, 6) is -0.422. The van der Waals surface area contributed by atoms with E-state index in [1.54, 1.807) is 25.3 Å². The number of hydrogen-bond donors (Lipinski definition) is 1. The van der Waals surface area contributed by atoms with Gasteiger partial charge < -0.3 is 5.32 Å². The largest absolute Gasteiger partial charge is 0.352 e. The molecule has 5 nitrogen and oxygen atoms in total. The lowest BCUT2D eigenvalue weighted by atomic mass is 10.2. The number of carbonyl (C=O) groups excluding carboxylic acids is 1. The standard InChI is InChI=1S/C16H18N2O3S/c1-2-22(20,21)15-9-4-3-8-14(15)16(19)18-12-10-13-7-5-6-11-17-13/h3-9,11H,2,10,12H2,1H3,(H,18,19). The van der Waals surface area contributed by atoms with Crippen molar-refractivity contribution in [2.24, 2.45) is 0 Å². The molecule has 1 aromatic carbocycles. The van der Waals surface area contributed by atoms with Crippen molar-refractivity contribution >= 4 is 15.7 Å². The zero-order chi connectivity index (χ0) is 16.0. The Bertz CT molecular complexity index is 743. The first-order valence-corrected chi connectivity index (χ1v) is 8.69. The molecular formula is C16H18N2O3S. The number of nitrogens with one attached hydrogen (secondary N) is 1. The smallest absolute Gasteiger partial charge is 0.252 e. The number of rotatable bonds is 6. The van der Waals surface area contributed by atoms with E-state index < -0.39 is 9.84 Å². The van der Waals surface area contributed by atoms with E-state index in [-0.39, 0.29) is 22.1 Å². The first-order chi connectivity index (χ1) is 10.5. The number of pyridine rings is 1. The Hall–Kier alpha value is -2.21. The van der Waals surface area contributed by atoms with Crippen LogP contribution in [0, 0.1) is 0 Å². The van der Waals surface area contributed by atoms with Gasteiger partial charge in [0.2, 0.25) is 0 Å². The fourth-order valence-electron chi connectivity index (χ4n) is 2.03. The van der Waals surface area contributed by atoms with E-state index in [0.717, 1.165) is 5.69 Å². The zero-order valence-corrected chi connectivity index (χ0v) is 13.1. The molecule has 2 aromatic rings. The summed E-state index contributed by atoms with van der Waals surface area (Å²) in [5, 5.41) is 2.74. The SMILES string of the molecule is CCS(=O)(=O)c1ccccc1C(=O)NCCc1ccccn1. The van der Waals surface area contributed by atoms with Gasteiger partial charge in [0.15, 0.2) is 9.84 Å². The summed E-state index contributed by atoms with van der Waals surface area (Å²) in [6, 6.07) is 11.9. The topological polar surface area (TPSA) is 76.1 Å². The first kappa shape index (κ1) is 16.2. The van der Waals surface area contributed by atoms with Gasteiger partial charge in [-0.25, -0.2) is 8.42 Å². The Labute approximate surface area is 130 Å². The molecule has 0 spiro atoms. The summed E-state index contributed by atoms with van der Waals surface area (Å²) in [5.41, 5.74) is 1.06. The lowest BCUT2D eigenvalue weighted by Gasteiger charge is -2.09. The van der Waals surface area contributed by atoms with Crippen LogP contribution < -0.4 is 5.32 Å². The van der Waals surface area contributed by atoms with Crippen LogP contribution in [0.25, 0.3) is 0 Å². The third-order valence-electron chi connectivity index (χ3n) is 3.24. The Balaban J connectivity index is 2.07. The van der Waals surface area contributed by atoms with Crippen molar-refractivity contribution in [1.29, 1.82) is 0 Å². The molecule has 116 valence electrons. The molecule has 1 heterocycles. The van der Waals surface area contributed by atoms with Crippen LogP contribution in [0.2, 0.25) is 0 Å². The summed E-state index contributed by atoms with van der Waals surface area (Å²) in [6.45, 7) is 1.96. The molecule has 0 atom stereocenters. The van der Waals surface area contributed by atoms with E-state index in [1.807, 2.05) is 18.2 Å². The second-order valence-electron chi connectivity index (χ2n) is 4.73. The quantitative estimate of drug-likeness (QED) is 0.882. The normalized spacial score (nSPS) is 11.1. The summed E-state index contributed by atoms with van der Waals surface area (Å²) < 4.78 is 24.1. The van der Waals surface area contributed by atoms with Crippen LogP contribution >= 0.6 is 0 Å². The van der Waals surface area contributed by atoms with Crippen LogP contribution in [0.3, 0.4) is 0 Å². The van der Waals surface area contributed by atoms with Crippen LogP contribution in [-0.4, -0.2) is 31.6 Å². The third-order valence-corrected chi connectivity index (χ3v) is 5.03. The fraction of sp³-hybridized carbons (Fsp3) is 0.250. The molecule has 0 saturated carbocycles. The Morgan fingerprint density at radius 2 is 1.86 bits per heavy atom. The number of sulfone groups is 1. The summed E-state index contributed by atoms with van der Waals surface area (Å²) in [6.07, 6.45) is 2.29. The van der Waals surface area contributed by atoms with Crippen molar-refractivity contribution in [2.45, 2.75) is 18.2 Å². The predicted octanol–water partition coefficient (Wildman–Crippen LogP) is 1.85. The van der Waals surface area contributed by atoms with Crippen LogP contribution in [0.4, 0.5) is 0 Å². The van der Waals surface area contributed by atoms with E-state index >= 15 is 0 Å². The van der Waals surface area contributed by atoms with Gasteiger partial charge in [-0.05, 0) is 24.3 Å². The van der Waals surface area contributed by atoms with E-state index in [0.29, 0.717) is 13.0 Å². The van der Waals surface area contributed by atoms with Gasteiger partial charge in [-0.3, -0.25) is 9.78 Å². The number of benzene rings is 1. The maximum atomic E-state index is 12.2. The van der Waals surface area contributed by atoms with Gasteiger partial charge in [-0.15, -0.1) is 0 Å². The van der Waals surface area contributed by atoms with E-state index in [9.17, 15) is 13.2 Å². The van der Waals surface area contributed by atoms with Gasteiger partial charge in [0.1, 0.15) is 0 Å². The number of hydrogen-bond acceptors (Lipinski definition) is 4. The van der Waals surface area contributed by atoms with E-state index in [1.165, 1.54) is 12.1 Å². The molecule has 0 radical (unpaired) electrons. The monoisotopic (exact) mass is 318 g/mol. The Kier molecular flexibility index (Phi) is 5.27. The molecule has 22 heavy (non-hydrogen) atoms. The highest BCUT2D eigenvalue weighted by Gasteiger charge is 2.20. The molecule has 1 amide bonds. The zero-order valence-electron chi connectivity index (χ0n) is 12.3. The van der Waals surface area contributed by atoms with Gasteiger partial charge in [0, 0.05) is 24.9 Å². The number of carbonyl (C=O) groups is 1. The highest BCUT2D eigenvalue weighted by atomic mass is 32.2. The van der Waals surface area contributed by atoms with E-state index in [4.69, 9.17) is 0 Å². The van der Waals surface area contributed by atoms with Crippen LogP contribution in [0.5, 0.6) is 0 Å². The molecular weight excluding hydrogens is 300 g/mol. The summed E-state index contributed by atoms with van der Waals surface area (Å²) in [4.78, 5) is 16.5. The van der Waals surface area contributed by atoms with Gasteiger partial charge in [-0.1, -0.05) is 25.1 Å². The fourth-order valence-corrected chi connectivity index (χ4v) is 3.12. The number of amides is 1. The average molecular weight is 318 g/mol. The molecule has 0 aliphatic carbocycles. The minimum Gasteiger partial charge on any atom is -0.352 e. The van der Waals surface area contributed by atoms with Gasteiger partial charge >= 0.3 is 0 Å². The molecule has 0 unspecified atom stereocenters. The number of nitrogens with zero attached hydrogens (tertiary/aromatic N) is 1. The second kappa shape index (κ2) is 7.17. The van der Waals surface area contributed by atoms with Gasteiger partial charge in [-0.2, -0.15) is 0 Å². The molecule has 1 aromatic heterocycles. The lowest BCUT2D eigenvalue weighted by Crippen LogP contribution is -2.27. The maximum absolute atomic E-state index is 12.2. The van der Waals surface area contributed by atoms with E-state index in [2.05, 4.69) is 10.3 Å². The van der Waals surface area contributed by atoms with Crippen molar-refractivity contribution in [1.82, 2.24) is 10.3 Å². The Morgan fingerprint density at radius 3 is 2.55 bits per heavy atom. The molecule has 0 aliphatic heterocycles. The molecule has 0 bridgehead atoms. The second-order valence-corrected chi connectivity index (χ2v) is 6.97. The molecule has 0 aliphatic rings. The average Bonchev–Trinajstić information content (AvgIpc) is 2.55. The lowest BCUT2D eigenvalue weighted by molar-refractivity contribution is 0.0951. The van der Waals surface area contributed by atoms with Crippen molar-refractivity contribution in [2.75, 3.05) is 12.3 Å². The van der Waals surface area contributed by atoms with Gasteiger partial charge in [0.05, 0.1) is 16.2 Å². The third kappa shape index (κ3) is 3.92. The predicted molar refractivity (Wildman–Crippen MR) is 84.4 cm³/mol. The van der Waals surface area contributed by atoms with Crippen LogP contribution in [0.15, 0.2) is 53.6 Å². The van der Waals surface area contributed by atoms with Crippen LogP contribution in [-0.2, 0) is 16.3 Å². The minimum atomic E-state index is -3.42. The molecule has 6 heteroatoms. The molecule has 1 N–H and O–H groups in total. The highest BCUT2D eigenvalue weighted by molar-refractivity contribution is 7.91. The molecule has 0 fully saturated rings. The summed E-state index contributed by atoms with van der Waals surface area (Å²) >= 11 is 0. The maximum Gasteiger partial charge on any atom is 0.252 e. The highest BCUT2D eigenvalue weighted by Crippen LogP contribution is 2.16. The first-order valence-electron chi connectivity index (χ1n) is 7.04. The number of aromatic nitrogens is 1. The van der Waals surface area contributed by atoms with Gasteiger partial charge in [0.25, 0.3) is 5.91 Å². The van der Waals surface area contributed by atoms with Crippen molar-refractivity contribution in [3.63, 3.8) is 0 Å². The van der Waals surface area contributed by atoms with Crippen molar-refractivity contribution in [3.8, 4) is 0 Å². The van der Waals surface area contributed by atoms with Crippen molar-refractivity contribution in [3.05, 3.63) is 59.9 Å². The molecule has 0 saturated heterocycles. The van der Waals surface area contributed by atoms with Crippen LogP contribution in [0.1, 0.15) is 23.0 Å². The Morgan fingerprint density at radius 1 is 1.14 bits per heavy atom. The summed E-state index contributed by atoms with van der Waals surface area (Å²) in [7, 11) is -3.42. The molecule has 2 rings (SSSR count). The van der Waals surface area contributed by atoms with Crippen molar-refractivity contribution < 1.29 is 13.2 Å².